The van der Waals surface area contributed by atoms with Gasteiger partial charge in [0.25, 0.3) is 5.91 Å². The van der Waals surface area contributed by atoms with Crippen molar-refractivity contribution < 1.29 is 22.8 Å². The van der Waals surface area contributed by atoms with Crippen molar-refractivity contribution in [2.75, 3.05) is 11.9 Å². The SMILES string of the molecule is CCCCNc1ccc(C(F)(F)F)cc1C(=O)NC(C=O)C(C)(C)C. The van der Waals surface area contributed by atoms with Crippen molar-refractivity contribution in [3.8, 4) is 0 Å². The number of halogens is 3. The minimum Gasteiger partial charge on any atom is -0.384 e. The number of hydrogen-bond donors (Lipinski definition) is 2. The fourth-order valence-corrected chi connectivity index (χ4v) is 2.14. The third-order valence-electron chi connectivity index (χ3n) is 3.79. The number of hydrogen-bond acceptors (Lipinski definition) is 3. The Morgan fingerprint density at radius 2 is 1.88 bits per heavy atom. The van der Waals surface area contributed by atoms with E-state index < -0.39 is 29.1 Å². The number of benzene rings is 1. The number of unbranched alkanes of at least 4 members (excludes halogenated alkanes) is 1. The van der Waals surface area contributed by atoms with E-state index in [0.717, 1.165) is 25.0 Å². The summed E-state index contributed by atoms with van der Waals surface area (Å²) in [5, 5.41) is 5.51. The maximum Gasteiger partial charge on any atom is 0.416 e. The zero-order valence-corrected chi connectivity index (χ0v) is 15.0. The summed E-state index contributed by atoms with van der Waals surface area (Å²) < 4.78 is 38.9. The van der Waals surface area contributed by atoms with E-state index >= 15 is 0 Å². The van der Waals surface area contributed by atoms with Gasteiger partial charge in [0.15, 0.2) is 0 Å². The van der Waals surface area contributed by atoms with Gasteiger partial charge < -0.3 is 15.4 Å². The average molecular weight is 358 g/mol. The highest BCUT2D eigenvalue weighted by Gasteiger charge is 2.33. The first kappa shape index (κ1) is 21.0. The molecule has 1 unspecified atom stereocenters. The van der Waals surface area contributed by atoms with Crippen molar-refractivity contribution in [2.45, 2.75) is 52.8 Å². The second kappa shape index (κ2) is 8.36. The molecule has 0 aliphatic carbocycles. The second-order valence-corrected chi connectivity index (χ2v) is 6.99. The Bertz CT molecular complexity index is 607. The Morgan fingerprint density at radius 3 is 2.36 bits per heavy atom. The van der Waals surface area contributed by atoms with Crippen LogP contribution in [0, 0.1) is 5.41 Å². The van der Waals surface area contributed by atoms with Crippen molar-refractivity contribution in [2.24, 2.45) is 5.41 Å². The van der Waals surface area contributed by atoms with Crippen LogP contribution in [0.2, 0.25) is 0 Å². The number of alkyl halides is 3. The molecule has 0 aliphatic rings. The fourth-order valence-electron chi connectivity index (χ4n) is 2.14. The van der Waals surface area contributed by atoms with Gasteiger partial charge in [-0.15, -0.1) is 0 Å². The minimum absolute atomic E-state index is 0.123. The van der Waals surface area contributed by atoms with E-state index in [1.165, 1.54) is 6.07 Å². The molecule has 1 rings (SSSR count). The van der Waals surface area contributed by atoms with Gasteiger partial charge >= 0.3 is 6.18 Å². The molecule has 2 N–H and O–H groups in total. The van der Waals surface area contributed by atoms with E-state index in [9.17, 15) is 22.8 Å². The molecule has 1 aromatic carbocycles. The van der Waals surface area contributed by atoms with Gasteiger partial charge in [0.1, 0.15) is 6.29 Å². The normalized spacial score (nSPS) is 13.2. The van der Waals surface area contributed by atoms with Crippen LogP contribution in [0.15, 0.2) is 18.2 Å². The van der Waals surface area contributed by atoms with E-state index in [2.05, 4.69) is 10.6 Å². The lowest BCUT2D eigenvalue weighted by Crippen LogP contribution is -2.45. The molecule has 7 heteroatoms. The maximum absolute atomic E-state index is 13.0. The summed E-state index contributed by atoms with van der Waals surface area (Å²) in [5.74, 6) is -0.711. The largest absolute Gasteiger partial charge is 0.416 e. The van der Waals surface area contributed by atoms with E-state index in [4.69, 9.17) is 0 Å². The summed E-state index contributed by atoms with van der Waals surface area (Å²) >= 11 is 0. The first-order valence-corrected chi connectivity index (χ1v) is 8.22. The number of anilines is 1. The second-order valence-electron chi connectivity index (χ2n) is 6.99. The van der Waals surface area contributed by atoms with Crippen molar-refractivity contribution in [3.63, 3.8) is 0 Å². The smallest absolute Gasteiger partial charge is 0.384 e. The summed E-state index contributed by atoms with van der Waals surface area (Å²) in [4.78, 5) is 23.7. The summed E-state index contributed by atoms with van der Waals surface area (Å²) in [6.07, 6.45) is -2.23. The molecule has 0 heterocycles. The minimum atomic E-state index is -4.55. The Balaban J connectivity index is 3.18. The average Bonchev–Trinajstić information content (AvgIpc) is 2.50. The summed E-state index contributed by atoms with van der Waals surface area (Å²) in [7, 11) is 0. The molecule has 4 nitrogen and oxygen atoms in total. The Morgan fingerprint density at radius 1 is 1.24 bits per heavy atom. The van der Waals surface area contributed by atoms with Gasteiger partial charge in [-0.05, 0) is 30.0 Å². The number of aldehydes is 1. The third kappa shape index (κ3) is 6.07. The standard InChI is InChI=1S/C18H25F3N2O2/c1-5-6-9-22-14-8-7-12(18(19,20)21)10-13(14)16(25)23-15(11-24)17(2,3)4/h7-8,10-11,15,22H,5-6,9H2,1-4H3,(H,23,25). The van der Waals surface area contributed by atoms with E-state index in [1.807, 2.05) is 6.92 Å². The van der Waals surface area contributed by atoms with Crippen LogP contribution < -0.4 is 10.6 Å². The zero-order chi connectivity index (χ0) is 19.3. The molecular formula is C18H25F3N2O2. The summed E-state index contributed by atoms with van der Waals surface area (Å²) in [5.41, 5.74) is -1.26. The van der Waals surface area contributed by atoms with Crippen LogP contribution in [-0.2, 0) is 11.0 Å². The predicted octanol–water partition coefficient (Wildman–Crippen LogP) is 4.26. The molecule has 140 valence electrons. The van der Waals surface area contributed by atoms with Gasteiger partial charge in [-0.2, -0.15) is 13.2 Å². The first-order valence-electron chi connectivity index (χ1n) is 8.22. The summed E-state index contributed by atoms with van der Waals surface area (Å²) in [6, 6.07) is 2.19. The molecule has 0 saturated heterocycles. The van der Waals surface area contributed by atoms with Gasteiger partial charge in [0.2, 0.25) is 0 Å². The van der Waals surface area contributed by atoms with Crippen LogP contribution in [0.4, 0.5) is 18.9 Å². The van der Waals surface area contributed by atoms with Gasteiger partial charge in [-0.25, -0.2) is 0 Å². The number of amides is 1. The van der Waals surface area contributed by atoms with Crippen molar-refractivity contribution >= 4 is 17.9 Å². The Labute approximate surface area is 146 Å². The highest BCUT2D eigenvalue weighted by molar-refractivity contribution is 6.01. The number of carbonyl (C=O) groups is 2. The molecule has 0 aromatic heterocycles. The van der Waals surface area contributed by atoms with Gasteiger partial charge in [-0.1, -0.05) is 34.1 Å². The summed E-state index contributed by atoms with van der Waals surface area (Å²) in [6.45, 7) is 7.81. The molecule has 1 amide bonds. The fraction of sp³-hybridized carbons (Fsp3) is 0.556. The van der Waals surface area contributed by atoms with Crippen molar-refractivity contribution in [3.05, 3.63) is 29.3 Å². The Kier molecular flexibility index (Phi) is 7.02. The molecule has 0 saturated carbocycles. The first-order chi connectivity index (χ1) is 11.5. The van der Waals surface area contributed by atoms with E-state index in [0.29, 0.717) is 18.5 Å². The van der Waals surface area contributed by atoms with Crippen LogP contribution in [-0.4, -0.2) is 24.8 Å². The highest BCUT2D eigenvalue weighted by Crippen LogP contribution is 2.32. The molecule has 0 bridgehead atoms. The lowest BCUT2D eigenvalue weighted by atomic mass is 9.87. The van der Waals surface area contributed by atoms with Crippen LogP contribution in [0.3, 0.4) is 0 Å². The molecule has 0 spiro atoms. The molecule has 0 radical (unpaired) electrons. The van der Waals surface area contributed by atoms with E-state index in [-0.39, 0.29) is 5.56 Å². The molecule has 0 aliphatic heterocycles. The lowest BCUT2D eigenvalue weighted by molar-refractivity contribution is -0.137. The van der Waals surface area contributed by atoms with Crippen LogP contribution in [0.25, 0.3) is 0 Å². The van der Waals surface area contributed by atoms with Crippen molar-refractivity contribution in [1.29, 1.82) is 0 Å². The van der Waals surface area contributed by atoms with Crippen LogP contribution in [0.5, 0.6) is 0 Å². The molecule has 0 fully saturated rings. The van der Waals surface area contributed by atoms with Crippen LogP contribution >= 0.6 is 0 Å². The van der Waals surface area contributed by atoms with Crippen molar-refractivity contribution in [1.82, 2.24) is 5.32 Å². The lowest BCUT2D eigenvalue weighted by Gasteiger charge is -2.27. The Hall–Kier alpha value is -2.05. The number of nitrogens with one attached hydrogen (secondary N) is 2. The number of rotatable bonds is 7. The van der Waals surface area contributed by atoms with Crippen LogP contribution in [0.1, 0.15) is 56.5 Å². The molecular weight excluding hydrogens is 333 g/mol. The maximum atomic E-state index is 13.0. The van der Waals surface area contributed by atoms with Gasteiger partial charge in [0, 0.05) is 12.2 Å². The zero-order valence-electron chi connectivity index (χ0n) is 15.0. The highest BCUT2D eigenvalue weighted by atomic mass is 19.4. The molecule has 25 heavy (non-hydrogen) atoms. The molecule has 1 atom stereocenters. The van der Waals surface area contributed by atoms with Gasteiger partial charge in [-0.3, -0.25) is 4.79 Å². The van der Waals surface area contributed by atoms with Gasteiger partial charge in [0.05, 0.1) is 17.2 Å². The topological polar surface area (TPSA) is 58.2 Å². The van der Waals surface area contributed by atoms with E-state index in [1.54, 1.807) is 20.8 Å². The number of carbonyl (C=O) groups excluding carboxylic acids is 2. The third-order valence-corrected chi connectivity index (χ3v) is 3.79. The quantitative estimate of drug-likeness (QED) is 0.566. The molecule has 1 aromatic rings. The monoisotopic (exact) mass is 358 g/mol. The predicted molar refractivity (Wildman–Crippen MR) is 91.6 cm³/mol.